The number of hydrogen-bond acceptors (Lipinski definition) is 2. The maximum atomic E-state index is 3.56. The Bertz CT molecular complexity index is 323. The molecule has 1 aliphatic rings. The maximum absolute atomic E-state index is 3.56. The van der Waals surface area contributed by atoms with E-state index in [-0.39, 0.29) is 0 Å². The van der Waals surface area contributed by atoms with Crippen molar-refractivity contribution in [1.82, 2.24) is 10.6 Å². The summed E-state index contributed by atoms with van der Waals surface area (Å²) in [4.78, 5) is 0. The van der Waals surface area contributed by atoms with E-state index < -0.39 is 0 Å². The molecule has 1 aliphatic heterocycles. The number of rotatable bonds is 4. The molecule has 1 atom stereocenters. The zero-order valence-corrected chi connectivity index (χ0v) is 10.5. The van der Waals surface area contributed by atoms with E-state index in [0.29, 0.717) is 12.0 Å². The van der Waals surface area contributed by atoms with Gasteiger partial charge < -0.3 is 10.6 Å². The van der Waals surface area contributed by atoms with E-state index in [1.807, 2.05) is 0 Å². The summed E-state index contributed by atoms with van der Waals surface area (Å²) in [6, 6.07) is 9.24. The molecule has 0 spiro atoms. The molecule has 0 radical (unpaired) electrons. The van der Waals surface area contributed by atoms with E-state index >= 15 is 0 Å². The first kappa shape index (κ1) is 11.1. The van der Waals surface area contributed by atoms with Crippen LogP contribution in [0.15, 0.2) is 28.7 Å². The molecule has 2 nitrogen and oxygen atoms in total. The van der Waals surface area contributed by atoms with Crippen molar-refractivity contribution in [3.63, 3.8) is 0 Å². The number of halogens is 1. The standard InChI is InChI=1S/C12H17BrN2/c1-9(6-15-12-7-14-8-12)10-3-2-4-11(13)5-10/h2-5,9,12,14-15H,6-8H2,1H3. The topological polar surface area (TPSA) is 24.1 Å². The third-order valence-corrected chi connectivity index (χ3v) is 3.41. The number of hydrogen-bond donors (Lipinski definition) is 2. The van der Waals surface area contributed by atoms with Gasteiger partial charge in [0, 0.05) is 30.1 Å². The van der Waals surface area contributed by atoms with Gasteiger partial charge in [-0.15, -0.1) is 0 Å². The molecule has 1 heterocycles. The molecule has 0 aliphatic carbocycles. The highest BCUT2D eigenvalue weighted by Gasteiger charge is 2.16. The van der Waals surface area contributed by atoms with Gasteiger partial charge in [0.05, 0.1) is 0 Å². The quantitative estimate of drug-likeness (QED) is 0.874. The lowest BCUT2D eigenvalue weighted by Crippen LogP contribution is -2.55. The van der Waals surface area contributed by atoms with Crippen LogP contribution in [0.1, 0.15) is 18.4 Å². The molecular formula is C12H17BrN2. The summed E-state index contributed by atoms with van der Waals surface area (Å²) in [5.41, 5.74) is 1.39. The predicted molar refractivity (Wildman–Crippen MR) is 67.2 cm³/mol. The van der Waals surface area contributed by atoms with Crippen molar-refractivity contribution in [3.05, 3.63) is 34.3 Å². The molecule has 82 valence electrons. The first-order valence-electron chi connectivity index (χ1n) is 5.45. The van der Waals surface area contributed by atoms with Crippen molar-refractivity contribution >= 4 is 15.9 Å². The Labute approximate surface area is 99.6 Å². The summed E-state index contributed by atoms with van der Waals surface area (Å²) in [5, 5.41) is 6.82. The summed E-state index contributed by atoms with van der Waals surface area (Å²) in [5.74, 6) is 0.572. The second kappa shape index (κ2) is 5.10. The molecule has 15 heavy (non-hydrogen) atoms. The summed E-state index contributed by atoms with van der Waals surface area (Å²) >= 11 is 3.50. The van der Waals surface area contributed by atoms with Crippen LogP contribution < -0.4 is 10.6 Å². The van der Waals surface area contributed by atoms with Crippen molar-refractivity contribution in [2.24, 2.45) is 0 Å². The molecule has 0 saturated carbocycles. The second-order valence-electron chi connectivity index (χ2n) is 4.22. The number of benzene rings is 1. The Kier molecular flexibility index (Phi) is 3.78. The van der Waals surface area contributed by atoms with E-state index in [2.05, 4.69) is 57.8 Å². The summed E-state index contributed by atoms with van der Waals surface area (Å²) in [6.45, 7) is 5.56. The Morgan fingerprint density at radius 2 is 2.33 bits per heavy atom. The Morgan fingerprint density at radius 3 is 2.93 bits per heavy atom. The summed E-state index contributed by atoms with van der Waals surface area (Å²) in [7, 11) is 0. The van der Waals surface area contributed by atoms with E-state index in [1.54, 1.807) is 0 Å². The average molecular weight is 269 g/mol. The van der Waals surface area contributed by atoms with Crippen LogP contribution in [0.2, 0.25) is 0 Å². The highest BCUT2D eigenvalue weighted by Crippen LogP contribution is 2.19. The van der Waals surface area contributed by atoms with E-state index in [1.165, 1.54) is 5.56 Å². The van der Waals surface area contributed by atoms with Gasteiger partial charge >= 0.3 is 0 Å². The van der Waals surface area contributed by atoms with Crippen LogP contribution in [0.5, 0.6) is 0 Å². The maximum Gasteiger partial charge on any atom is 0.0317 e. The number of nitrogens with one attached hydrogen (secondary N) is 2. The molecule has 0 amide bonds. The van der Waals surface area contributed by atoms with Gasteiger partial charge in [0.1, 0.15) is 0 Å². The highest BCUT2D eigenvalue weighted by molar-refractivity contribution is 9.10. The molecular weight excluding hydrogens is 252 g/mol. The van der Waals surface area contributed by atoms with E-state index in [0.717, 1.165) is 24.1 Å². The lowest BCUT2D eigenvalue weighted by Gasteiger charge is -2.29. The van der Waals surface area contributed by atoms with Crippen LogP contribution in [-0.2, 0) is 0 Å². The van der Waals surface area contributed by atoms with Crippen LogP contribution in [0.3, 0.4) is 0 Å². The summed E-state index contributed by atoms with van der Waals surface area (Å²) < 4.78 is 1.16. The molecule has 0 bridgehead atoms. The zero-order valence-electron chi connectivity index (χ0n) is 8.96. The van der Waals surface area contributed by atoms with Crippen LogP contribution in [0.4, 0.5) is 0 Å². The lowest BCUT2D eigenvalue weighted by molar-refractivity contribution is 0.360. The van der Waals surface area contributed by atoms with Gasteiger partial charge in [-0.05, 0) is 23.6 Å². The predicted octanol–water partition coefficient (Wildman–Crippen LogP) is 2.11. The second-order valence-corrected chi connectivity index (χ2v) is 5.14. The van der Waals surface area contributed by atoms with Gasteiger partial charge in [-0.25, -0.2) is 0 Å². The summed E-state index contributed by atoms with van der Waals surface area (Å²) in [6.07, 6.45) is 0. The van der Waals surface area contributed by atoms with E-state index in [9.17, 15) is 0 Å². The lowest BCUT2D eigenvalue weighted by atomic mass is 10.0. The normalized spacial score (nSPS) is 18.5. The van der Waals surface area contributed by atoms with Crippen LogP contribution in [0.25, 0.3) is 0 Å². The smallest absolute Gasteiger partial charge is 0.0317 e. The monoisotopic (exact) mass is 268 g/mol. The molecule has 0 aromatic heterocycles. The van der Waals surface area contributed by atoms with Crippen molar-refractivity contribution in [3.8, 4) is 0 Å². The molecule has 3 heteroatoms. The third-order valence-electron chi connectivity index (χ3n) is 2.91. The zero-order chi connectivity index (χ0) is 10.7. The molecule has 1 aromatic rings. The molecule has 1 unspecified atom stereocenters. The third kappa shape index (κ3) is 3.03. The van der Waals surface area contributed by atoms with Gasteiger partial charge in [-0.2, -0.15) is 0 Å². The fraction of sp³-hybridized carbons (Fsp3) is 0.500. The van der Waals surface area contributed by atoms with Gasteiger partial charge in [0.2, 0.25) is 0 Å². The molecule has 2 rings (SSSR count). The van der Waals surface area contributed by atoms with Crippen LogP contribution in [-0.4, -0.2) is 25.7 Å². The minimum Gasteiger partial charge on any atom is -0.314 e. The van der Waals surface area contributed by atoms with Gasteiger partial charge in [0.15, 0.2) is 0 Å². The van der Waals surface area contributed by atoms with Crippen molar-refractivity contribution < 1.29 is 0 Å². The first-order chi connectivity index (χ1) is 7.25. The fourth-order valence-electron chi connectivity index (χ4n) is 1.71. The van der Waals surface area contributed by atoms with Crippen molar-refractivity contribution in [1.29, 1.82) is 0 Å². The van der Waals surface area contributed by atoms with Crippen molar-refractivity contribution in [2.45, 2.75) is 18.9 Å². The van der Waals surface area contributed by atoms with Crippen LogP contribution >= 0.6 is 15.9 Å². The van der Waals surface area contributed by atoms with Gasteiger partial charge in [-0.3, -0.25) is 0 Å². The molecule has 1 aromatic carbocycles. The SMILES string of the molecule is CC(CNC1CNC1)c1cccc(Br)c1. The molecule has 1 fully saturated rings. The minimum absolute atomic E-state index is 0.572. The molecule has 1 saturated heterocycles. The highest BCUT2D eigenvalue weighted by atomic mass is 79.9. The van der Waals surface area contributed by atoms with E-state index in [4.69, 9.17) is 0 Å². The van der Waals surface area contributed by atoms with Gasteiger partial charge in [-0.1, -0.05) is 35.0 Å². The first-order valence-corrected chi connectivity index (χ1v) is 6.24. The Hall–Kier alpha value is -0.380. The average Bonchev–Trinajstić information content (AvgIpc) is 2.15. The molecule has 2 N–H and O–H groups in total. The Balaban J connectivity index is 1.86. The van der Waals surface area contributed by atoms with Crippen molar-refractivity contribution in [2.75, 3.05) is 19.6 Å². The van der Waals surface area contributed by atoms with Crippen LogP contribution in [0, 0.1) is 0 Å². The minimum atomic E-state index is 0.572. The largest absolute Gasteiger partial charge is 0.314 e. The Morgan fingerprint density at radius 1 is 1.53 bits per heavy atom. The van der Waals surface area contributed by atoms with Gasteiger partial charge in [0.25, 0.3) is 0 Å². The fourth-order valence-corrected chi connectivity index (χ4v) is 2.12.